The number of fused-ring (bicyclic) bond motifs is 1. The summed E-state index contributed by atoms with van der Waals surface area (Å²) < 4.78 is 17.3. The molecule has 5 nitrogen and oxygen atoms in total. The fourth-order valence-electron chi connectivity index (χ4n) is 3.54. The van der Waals surface area contributed by atoms with E-state index in [1.54, 1.807) is 33.8 Å². The fourth-order valence-corrected chi connectivity index (χ4v) is 3.54. The van der Waals surface area contributed by atoms with Gasteiger partial charge in [0.15, 0.2) is 0 Å². The van der Waals surface area contributed by atoms with E-state index >= 15 is 0 Å². The smallest absolute Gasteiger partial charge is 0.271 e. The van der Waals surface area contributed by atoms with E-state index in [1.165, 1.54) is 6.07 Å². The van der Waals surface area contributed by atoms with Gasteiger partial charge in [-0.1, -0.05) is 24.3 Å². The first-order valence-corrected chi connectivity index (χ1v) is 9.05. The third-order valence-corrected chi connectivity index (χ3v) is 5.11. The molecule has 0 spiro atoms. The molecule has 6 heteroatoms. The minimum Gasteiger partial charge on any atom is -0.271 e. The zero-order valence-electron chi connectivity index (χ0n) is 14.5. The predicted molar refractivity (Wildman–Crippen MR) is 96.5 cm³/mol. The van der Waals surface area contributed by atoms with E-state index in [4.69, 9.17) is 0 Å². The number of hydrogen-bond acceptors (Lipinski definition) is 3. The third-order valence-electron chi connectivity index (χ3n) is 5.11. The first kappa shape index (κ1) is 16.7. The summed E-state index contributed by atoms with van der Waals surface area (Å²) in [5, 5.41) is 4.46. The molecule has 2 aliphatic rings. The van der Waals surface area contributed by atoms with Crippen LogP contribution < -0.4 is 5.69 Å². The first-order chi connectivity index (χ1) is 12.8. The molecule has 0 N–H and O–H groups in total. The maximum atomic E-state index is 14.0. The minimum atomic E-state index is -0.242. The van der Waals surface area contributed by atoms with Gasteiger partial charge in [0.2, 0.25) is 0 Å². The van der Waals surface area contributed by atoms with Gasteiger partial charge in [-0.05, 0) is 43.9 Å². The van der Waals surface area contributed by atoms with Gasteiger partial charge in [0.1, 0.15) is 11.6 Å². The van der Waals surface area contributed by atoms with Gasteiger partial charge < -0.3 is 0 Å². The van der Waals surface area contributed by atoms with E-state index in [0.717, 1.165) is 37.9 Å². The Balaban J connectivity index is 0.000000240. The van der Waals surface area contributed by atoms with E-state index < -0.39 is 0 Å². The summed E-state index contributed by atoms with van der Waals surface area (Å²) in [5.74, 6) is 0.559. The molecular formula is C20H21FN4O. The molecular weight excluding hydrogens is 331 g/mol. The standard InChI is InChI=1S/C15H16FN3O.C5H5N/c16-12-7-2-1-6-11(12)13-8-9-14-17-19(10-4-3-5-10)15(20)18(13)14;1-2-4-6-5-3-1/h1-2,6-7,10,13H,3-5,8-9H2;1-5H. The van der Waals surface area contributed by atoms with Gasteiger partial charge in [-0.3, -0.25) is 9.55 Å². The van der Waals surface area contributed by atoms with E-state index in [-0.39, 0.29) is 23.6 Å². The number of aryl methyl sites for hydroxylation is 1. The Bertz CT molecular complexity index is 904. The van der Waals surface area contributed by atoms with Crippen molar-refractivity contribution in [3.8, 4) is 0 Å². The van der Waals surface area contributed by atoms with E-state index in [9.17, 15) is 9.18 Å². The lowest BCUT2D eigenvalue weighted by Crippen LogP contribution is -2.32. The molecule has 3 heterocycles. The lowest BCUT2D eigenvalue weighted by atomic mass is 9.93. The van der Waals surface area contributed by atoms with Crippen molar-refractivity contribution in [2.45, 2.75) is 44.2 Å². The number of halogens is 1. The summed E-state index contributed by atoms with van der Waals surface area (Å²) in [7, 11) is 0. The van der Waals surface area contributed by atoms with E-state index in [2.05, 4.69) is 10.1 Å². The number of rotatable bonds is 2. The normalized spacial score (nSPS) is 18.6. The van der Waals surface area contributed by atoms with Crippen molar-refractivity contribution in [1.29, 1.82) is 0 Å². The molecule has 5 rings (SSSR count). The highest BCUT2D eigenvalue weighted by Gasteiger charge is 2.33. The number of benzene rings is 1. The Hall–Kier alpha value is -2.76. The van der Waals surface area contributed by atoms with Crippen LogP contribution in [0.3, 0.4) is 0 Å². The molecule has 0 saturated heterocycles. The lowest BCUT2D eigenvalue weighted by molar-refractivity contribution is 0.277. The molecule has 1 unspecified atom stereocenters. The summed E-state index contributed by atoms with van der Waals surface area (Å²) in [5.41, 5.74) is 0.525. The van der Waals surface area contributed by atoms with E-state index in [0.29, 0.717) is 5.56 Å². The number of hydrogen-bond donors (Lipinski definition) is 0. The molecule has 0 bridgehead atoms. The molecule has 0 amide bonds. The maximum Gasteiger partial charge on any atom is 0.346 e. The summed E-state index contributed by atoms with van der Waals surface area (Å²) in [4.78, 5) is 16.3. The zero-order chi connectivity index (χ0) is 17.9. The van der Waals surface area contributed by atoms with Crippen molar-refractivity contribution in [2.24, 2.45) is 0 Å². The molecule has 1 aromatic carbocycles. The number of pyridine rings is 1. The molecule has 3 aromatic rings. The Morgan fingerprint density at radius 2 is 1.77 bits per heavy atom. The quantitative estimate of drug-likeness (QED) is 0.709. The predicted octanol–water partition coefficient (Wildman–Crippen LogP) is 3.53. The Morgan fingerprint density at radius 1 is 1.00 bits per heavy atom. The summed E-state index contributed by atoms with van der Waals surface area (Å²) in [6.45, 7) is 0. The Labute approximate surface area is 151 Å². The van der Waals surface area contributed by atoms with Gasteiger partial charge >= 0.3 is 5.69 Å². The Kier molecular flexibility index (Phi) is 4.65. The van der Waals surface area contributed by atoms with Crippen LogP contribution in [0, 0.1) is 5.82 Å². The summed E-state index contributed by atoms with van der Waals surface area (Å²) in [6.07, 6.45) is 8.22. The Morgan fingerprint density at radius 3 is 2.35 bits per heavy atom. The molecule has 0 radical (unpaired) electrons. The van der Waals surface area contributed by atoms with Crippen LogP contribution >= 0.6 is 0 Å². The van der Waals surface area contributed by atoms with E-state index in [1.807, 2.05) is 24.3 Å². The number of nitrogens with zero attached hydrogens (tertiary/aromatic N) is 4. The van der Waals surface area contributed by atoms with Crippen LogP contribution in [0.4, 0.5) is 4.39 Å². The van der Waals surface area contributed by atoms with Crippen molar-refractivity contribution >= 4 is 0 Å². The molecule has 134 valence electrons. The van der Waals surface area contributed by atoms with Crippen molar-refractivity contribution in [3.63, 3.8) is 0 Å². The van der Waals surface area contributed by atoms with Crippen LogP contribution in [-0.4, -0.2) is 19.3 Å². The van der Waals surface area contributed by atoms with Crippen LogP contribution in [0.5, 0.6) is 0 Å². The lowest BCUT2D eigenvalue weighted by Gasteiger charge is -2.24. The molecule has 2 aromatic heterocycles. The van der Waals surface area contributed by atoms with Crippen molar-refractivity contribution in [3.05, 3.63) is 82.5 Å². The minimum absolute atomic E-state index is 0.0737. The first-order valence-electron chi connectivity index (χ1n) is 9.05. The molecule has 1 atom stereocenters. The van der Waals surface area contributed by atoms with Gasteiger partial charge in [-0.2, -0.15) is 5.10 Å². The average molecular weight is 352 g/mol. The van der Waals surface area contributed by atoms with Crippen molar-refractivity contribution < 1.29 is 4.39 Å². The molecule has 1 saturated carbocycles. The maximum absolute atomic E-state index is 14.0. The van der Waals surface area contributed by atoms with Gasteiger partial charge in [0.05, 0.1) is 12.1 Å². The number of aromatic nitrogens is 4. The second-order valence-corrected chi connectivity index (χ2v) is 6.70. The summed E-state index contributed by atoms with van der Waals surface area (Å²) >= 11 is 0. The van der Waals surface area contributed by atoms with Crippen LogP contribution in [0.15, 0.2) is 59.7 Å². The fraction of sp³-hybridized carbons (Fsp3) is 0.350. The second-order valence-electron chi connectivity index (χ2n) is 6.70. The molecule has 1 aliphatic carbocycles. The SMILES string of the molecule is O=c1n(C2CCC2)nc2n1C(c1ccccc1F)CC2.c1ccncc1. The van der Waals surface area contributed by atoms with Crippen LogP contribution in [0.2, 0.25) is 0 Å². The van der Waals surface area contributed by atoms with Crippen LogP contribution in [0.1, 0.15) is 49.2 Å². The molecule has 1 aliphatic heterocycles. The second kappa shape index (κ2) is 7.23. The van der Waals surface area contributed by atoms with Crippen LogP contribution in [-0.2, 0) is 6.42 Å². The molecule has 26 heavy (non-hydrogen) atoms. The monoisotopic (exact) mass is 352 g/mol. The third kappa shape index (κ3) is 3.07. The van der Waals surface area contributed by atoms with Crippen molar-refractivity contribution in [2.75, 3.05) is 0 Å². The van der Waals surface area contributed by atoms with Gasteiger partial charge in [-0.25, -0.2) is 13.9 Å². The average Bonchev–Trinajstić information content (AvgIpc) is 3.17. The van der Waals surface area contributed by atoms with Crippen LogP contribution in [0.25, 0.3) is 0 Å². The summed E-state index contributed by atoms with van der Waals surface area (Å²) in [6, 6.07) is 12.5. The topological polar surface area (TPSA) is 52.7 Å². The molecule has 1 fully saturated rings. The van der Waals surface area contributed by atoms with Crippen molar-refractivity contribution in [1.82, 2.24) is 19.3 Å². The van der Waals surface area contributed by atoms with Gasteiger partial charge in [-0.15, -0.1) is 0 Å². The zero-order valence-corrected chi connectivity index (χ0v) is 14.5. The van der Waals surface area contributed by atoms with Gasteiger partial charge in [0, 0.05) is 24.4 Å². The highest BCUT2D eigenvalue weighted by atomic mass is 19.1. The largest absolute Gasteiger partial charge is 0.346 e. The highest BCUT2D eigenvalue weighted by molar-refractivity contribution is 5.24. The van der Waals surface area contributed by atoms with Gasteiger partial charge in [0.25, 0.3) is 0 Å². The highest BCUT2D eigenvalue weighted by Crippen LogP contribution is 2.33.